The van der Waals surface area contributed by atoms with E-state index in [4.69, 9.17) is 16.1 Å². The first-order chi connectivity index (χ1) is 12.5. The molecule has 0 aliphatic heterocycles. The average Bonchev–Trinajstić information content (AvgIpc) is 2.96. The fourth-order valence-electron chi connectivity index (χ4n) is 2.92. The molecule has 1 aromatic heterocycles. The van der Waals surface area contributed by atoms with Gasteiger partial charge in [-0.05, 0) is 55.7 Å². The topological polar surface area (TPSA) is 38.1 Å². The standard InChI is InChI=1S/C20H19BrClFN2O/c1-12(18-16(22)4-3-5-17(18)23)10-11-24-19-13(2)25-26-20(19)14-6-8-15(21)9-7-14/h3-9,12,24H,10-11H2,1-2H3. The molecule has 3 nitrogen and oxygen atoms in total. The van der Waals surface area contributed by atoms with Crippen LogP contribution in [0.4, 0.5) is 10.1 Å². The lowest BCUT2D eigenvalue weighted by molar-refractivity contribution is 0.427. The minimum atomic E-state index is -0.262. The molecule has 0 fully saturated rings. The van der Waals surface area contributed by atoms with Crippen LogP contribution in [0.5, 0.6) is 0 Å². The van der Waals surface area contributed by atoms with Gasteiger partial charge in [0.1, 0.15) is 17.2 Å². The molecule has 1 atom stereocenters. The lowest BCUT2D eigenvalue weighted by Crippen LogP contribution is -2.08. The Morgan fingerprint density at radius 2 is 1.96 bits per heavy atom. The first-order valence-electron chi connectivity index (χ1n) is 8.37. The second-order valence-electron chi connectivity index (χ2n) is 6.23. The van der Waals surface area contributed by atoms with Gasteiger partial charge in [0, 0.05) is 27.2 Å². The van der Waals surface area contributed by atoms with Gasteiger partial charge >= 0.3 is 0 Å². The summed E-state index contributed by atoms with van der Waals surface area (Å²) in [7, 11) is 0. The fourth-order valence-corrected chi connectivity index (χ4v) is 3.53. The summed E-state index contributed by atoms with van der Waals surface area (Å²) in [4.78, 5) is 0. The average molecular weight is 438 g/mol. The number of aryl methyl sites for hydroxylation is 1. The van der Waals surface area contributed by atoms with Crippen molar-refractivity contribution in [2.24, 2.45) is 0 Å². The lowest BCUT2D eigenvalue weighted by atomic mass is 9.97. The molecule has 1 N–H and O–H groups in total. The number of benzene rings is 2. The molecule has 2 aromatic carbocycles. The van der Waals surface area contributed by atoms with Crippen molar-refractivity contribution in [3.63, 3.8) is 0 Å². The summed E-state index contributed by atoms with van der Waals surface area (Å²) in [6.45, 7) is 4.52. The van der Waals surface area contributed by atoms with Crippen LogP contribution in [0.3, 0.4) is 0 Å². The van der Waals surface area contributed by atoms with Crippen molar-refractivity contribution in [1.29, 1.82) is 0 Å². The normalized spacial score (nSPS) is 12.2. The molecule has 6 heteroatoms. The minimum Gasteiger partial charge on any atom is -0.380 e. The fraction of sp³-hybridized carbons (Fsp3) is 0.250. The molecule has 0 spiro atoms. The number of hydrogen-bond donors (Lipinski definition) is 1. The van der Waals surface area contributed by atoms with E-state index in [-0.39, 0.29) is 11.7 Å². The van der Waals surface area contributed by atoms with E-state index in [9.17, 15) is 4.39 Å². The first-order valence-corrected chi connectivity index (χ1v) is 9.54. The molecular weight excluding hydrogens is 419 g/mol. The van der Waals surface area contributed by atoms with Gasteiger partial charge in [-0.3, -0.25) is 0 Å². The third-order valence-electron chi connectivity index (χ3n) is 4.34. The van der Waals surface area contributed by atoms with Gasteiger partial charge < -0.3 is 9.84 Å². The highest BCUT2D eigenvalue weighted by atomic mass is 79.9. The monoisotopic (exact) mass is 436 g/mol. The van der Waals surface area contributed by atoms with Crippen LogP contribution in [0, 0.1) is 12.7 Å². The third kappa shape index (κ3) is 4.10. The van der Waals surface area contributed by atoms with E-state index in [1.54, 1.807) is 12.1 Å². The van der Waals surface area contributed by atoms with Crippen LogP contribution >= 0.6 is 27.5 Å². The van der Waals surface area contributed by atoms with E-state index in [1.807, 2.05) is 38.1 Å². The number of halogens is 3. The van der Waals surface area contributed by atoms with Crippen LogP contribution in [0.15, 0.2) is 51.5 Å². The Morgan fingerprint density at radius 1 is 1.23 bits per heavy atom. The SMILES string of the molecule is Cc1noc(-c2ccc(Br)cc2)c1NCCC(C)c1c(F)cccc1Cl. The summed E-state index contributed by atoms with van der Waals surface area (Å²) >= 11 is 9.59. The van der Waals surface area contributed by atoms with Gasteiger partial charge in [0.25, 0.3) is 0 Å². The zero-order chi connectivity index (χ0) is 18.7. The van der Waals surface area contributed by atoms with Gasteiger partial charge in [0.15, 0.2) is 5.76 Å². The quantitative estimate of drug-likeness (QED) is 0.460. The summed E-state index contributed by atoms with van der Waals surface area (Å²) in [6.07, 6.45) is 0.727. The van der Waals surface area contributed by atoms with Gasteiger partial charge in [-0.2, -0.15) is 0 Å². The predicted molar refractivity (Wildman–Crippen MR) is 107 cm³/mol. The molecule has 0 aliphatic rings. The first kappa shape index (κ1) is 18.9. The highest BCUT2D eigenvalue weighted by Crippen LogP contribution is 2.33. The van der Waals surface area contributed by atoms with Crippen molar-refractivity contribution in [3.8, 4) is 11.3 Å². The molecule has 0 saturated carbocycles. The maximum Gasteiger partial charge on any atom is 0.190 e. The van der Waals surface area contributed by atoms with Crippen molar-refractivity contribution in [3.05, 3.63) is 69.0 Å². The van der Waals surface area contributed by atoms with Crippen molar-refractivity contribution in [1.82, 2.24) is 5.16 Å². The van der Waals surface area contributed by atoms with Gasteiger partial charge in [-0.15, -0.1) is 0 Å². The van der Waals surface area contributed by atoms with Crippen LogP contribution in [0.1, 0.15) is 30.5 Å². The summed E-state index contributed by atoms with van der Waals surface area (Å²) in [5.41, 5.74) is 3.16. The van der Waals surface area contributed by atoms with Crippen molar-refractivity contribution in [2.45, 2.75) is 26.2 Å². The molecular formula is C20H19BrClFN2O. The highest BCUT2D eigenvalue weighted by molar-refractivity contribution is 9.10. The van der Waals surface area contributed by atoms with Crippen molar-refractivity contribution < 1.29 is 8.91 Å². The molecule has 0 amide bonds. The zero-order valence-electron chi connectivity index (χ0n) is 14.5. The van der Waals surface area contributed by atoms with E-state index in [0.29, 0.717) is 22.9 Å². The molecule has 0 aliphatic carbocycles. The molecule has 1 heterocycles. The molecule has 3 rings (SSSR count). The van der Waals surface area contributed by atoms with E-state index >= 15 is 0 Å². The maximum atomic E-state index is 14.0. The van der Waals surface area contributed by atoms with Crippen LogP contribution in [-0.4, -0.2) is 11.7 Å². The van der Waals surface area contributed by atoms with Crippen molar-refractivity contribution in [2.75, 3.05) is 11.9 Å². The van der Waals surface area contributed by atoms with Crippen LogP contribution in [0.2, 0.25) is 5.02 Å². The summed E-state index contributed by atoms with van der Waals surface area (Å²) in [6, 6.07) is 12.6. The Kier molecular flexibility index (Phi) is 5.99. The largest absolute Gasteiger partial charge is 0.380 e. The van der Waals surface area contributed by atoms with E-state index in [0.717, 1.165) is 27.8 Å². The number of aromatic nitrogens is 1. The van der Waals surface area contributed by atoms with E-state index in [1.165, 1.54) is 6.07 Å². The molecule has 0 bridgehead atoms. The Bertz CT molecular complexity index is 875. The molecule has 0 saturated heterocycles. The highest BCUT2D eigenvalue weighted by Gasteiger charge is 2.17. The Balaban J connectivity index is 1.71. The lowest BCUT2D eigenvalue weighted by Gasteiger charge is -2.15. The van der Waals surface area contributed by atoms with Gasteiger partial charge in [-0.25, -0.2) is 4.39 Å². The number of hydrogen-bond acceptors (Lipinski definition) is 3. The second kappa shape index (κ2) is 8.23. The third-order valence-corrected chi connectivity index (χ3v) is 5.20. The molecule has 0 radical (unpaired) electrons. The minimum absolute atomic E-state index is 0.00695. The summed E-state index contributed by atoms with van der Waals surface area (Å²) < 4.78 is 20.5. The smallest absolute Gasteiger partial charge is 0.190 e. The van der Waals surface area contributed by atoms with E-state index in [2.05, 4.69) is 26.4 Å². The molecule has 1 unspecified atom stereocenters. The van der Waals surface area contributed by atoms with Gasteiger partial charge in [0.2, 0.25) is 0 Å². The number of anilines is 1. The Hall–Kier alpha value is -1.85. The molecule has 26 heavy (non-hydrogen) atoms. The Labute approximate surface area is 165 Å². The number of nitrogens with one attached hydrogen (secondary N) is 1. The van der Waals surface area contributed by atoms with Gasteiger partial charge in [0.05, 0.1) is 0 Å². The van der Waals surface area contributed by atoms with Gasteiger partial charge in [-0.1, -0.05) is 45.7 Å². The van der Waals surface area contributed by atoms with Crippen molar-refractivity contribution >= 4 is 33.2 Å². The van der Waals surface area contributed by atoms with Crippen LogP contribution in [-0.2, 0) is 0 Å². The molecule has 136 valence electrons. The Morgan fingerprint density at radius 3 is 2.65 bits per heavy atom. The van der Waals surface area contributed by atoms with Crippen LogP contribution < -0.4 is 5.32 Å². The second-order valence-corrected chi connectivity index (χ2v) is 7.55. The number of rotatable bonds is 6. The maximum absolute atomic E-state index is 14.0. The molecule has 3 aromatic rings. The predicted octanol–water partition coefficient (Wildman–Crippen LogP) is 6.81. The van der Waals surface area contributed by atoms with E-state index < -0.39 is 0 Å². The number of nitrogens with zero attached hydrogens (tertiary/aromatic N) is 1. The van der Waals surface area contributed by atoms with Crippen LogP contribution in [0.25, 0.3) is 11.3 Å². The summed E-state index contributed by atoms with van der Waals surface area (Å²) in [5.74, 6) is 0.431. The zero-order valence-corrected chi connectivity index (χ0v) is 16.9. The summed E-state index contributed by atoms with van der Waals surface area (Å²) in [5, 5.41) is 7.92.